The molecule has 1 aromatic rings. The van der Waals surface area contributed by atoms with E-state index in [9.17, 15) is 14.4 Å². The van der Waals surface area contributed by atoms with Crippen LogP contribution >= 0.6 is 0 Å². The number of carbonyl (C=O) groups is 2. The topological polar surface area (TPSA) is 95.9 Å². The molecule has 116 valence electrons. The quantitative estimate of drug-likeness (QED) is 0.840. The molecule has 1 aromatic heterocycles. The van der Waals surface area contributed by atoms with Crippen molar-refractivity contribution in [3.63, 3.8) is 0 Å². The second kappa shape index (κ2) is 6.29. The Morgan fingerprint density at radius 1 is 1.24 bits per heavy atom. The number of nitrogens with zero attached hydrogens (tertiary/aromatic N) is 1. The summed E-state index contributed by atoms with van der Waals surface area (Å²) in [6.45, 7) is 5.08. The van der Waals surface area contributed by atoms with Crippen LogP contribution in [0, 0.1) is 0 Å². The fourth-order valence-corrected chi connectivity index (χ4v) is 1.50. The molecule has 0 aliphatic rings. The minimum atomic E-state index is -0.833. The van der Waals surface area contributed by atoms with Gasteiger partial charge in [-0.25, -0.2) is 19.7 Å². The van der Waals surface area contributed by atoms with Crippen molar-refractivity contribution in [1.82, 2.24) is 4.68 Å². The van der Waals surface area contributed by atoms with Gasteiger partial charge in [0.15, 0.2) is 11.4 Å². The molecule has 1 rings (SSSR count). The summed E-state index contributed by atoms with van der Waals surface area (Å²) in [6, 6.07) is 1.14. The molecule has 1 heterocycles. The minimum Gasteiger partial charge on any atom is -0.490 e. The van der Waals surface area contributed by atoms with Gasteiger partial charge >= 0.3 is 12.1 Å². The normalized spacial score (nSPS) is 10.7. The number of pyridine rings is 1. The number of amides is 1. The summed E-state index contributed by atoms with van der Waals surface area (Å²) < 4.78 is 15.6. The lowest BCUT2D eigenvalue weighted by Gasteiger charge is -2.21. The lowest BCUT2D eigenvalue weighted by molar-refractivity contribution is 0.0575. The lowest BCUT2D eigenvalue weighted by atomic mass is 10.2. The van der Waals surface area contributed by atoms with Gasteiger partial charge in [-0.2, -0.15) is 0 Å². The van der Waals surface area contributed by atoms with Crippen LogP contribution in [0.5, 0.6) is 5.75 Å². The maximum atomic E-state index is 11.8. The average molecular weight is 298 g/mol. The van der Waals surface area contributed by atoms with Crippen molar-refractivity contribution >= 4 is 12.1 Å². The molecule has 0 spiro atoms. The molecule has 0 aliphatic carbocycles. The number of nitrogens with one attached hydrogen (secondary N) is 1. The number of hydrogen-bond donors (Lipinski definition) is 1. The number of esters is 1. The Bertz CT molecular complexity index is 600. The van der Waals surface area contributed by atoms with Gasteiger partial charge in [-0.3, -0.25) is 4.79 Å². The van der Waals surface area contributed by atoms with Crippen LogP contribution in [0.3, 0.4) is 0 Å². The first-order chi connectivity index (χ1) is 9.69. The van der Waals surface area contributed by atoms with Crippen LogP contribution in [0.15, 0.2) is 17.1 Å². The largest absolute Gasteiger partial charge is 0.490 e. The van der Waals surface area contributed by atoms with Gasteiger partial charge in [0.05, 0.1) is 14.2 Å². The van der Waals surface area contributed by atoms with Gasteiger partial charge in [-0.15, -0.1) is 0 Å². The summed E-state index contributed by atoms with van der Waals surface area (Å²) in [6.07, 6.45) is 0.416. The van der Waals surface area contributed by atoms with Crippen LogP contribution in [-0.2, 0) is 9.47 Å². The van der Waals surface area contributed by atoms with Gasteiger partial charge in [0.1, 0.15) is 5.60 Å². The first-order valence-electron chi connectivity index (χ1n) is 6.07. The summed E-state index contributed by atoms with van der Waals surface area (Å²) in [7, 11) is 2.39. The molecule has 0 unspecified atom stereocenters. The van der Waals surface area contributed by atoms with Crippen molar-refractivity contribution in [1.29, 1.82) is 0 Å². The summed E-state index contributed by atoms with van der Waals surface area (Å²) in [5.74, 6) is -1.07. The summed E-state index contributed by atoms with van der Waals surface area (Å²) in [5, 5.41) is 0. The van der Waals surface area contributed by atoms with E-state index in [2.05, 4.69) is 10.2 Å². The number of carbonyl (C=O) groups excluding carboxylic acids is 2. The molecule has 0 aromatic carbocycles. The predicted molar refractivity (Wildman–Crippen MR) is 74.2 cm³/mol. The molecule has 1 amide bonds. The Hall–Kier alpha value is -2.51. The third-order valence-corrected chi connectivity index (χ3v) is 2.25. The summed E-state index contributed by atoms with van der Waals surface area (Å²) in [4.78, 5) is 35.2. The summed E-state index contributed by atoms with van der Waals surface area (Å²) >= 11 is 0. The molecule has 0 fully saturated rings. The lowest BCUT2D eigenvalue weighted by Crippen LogP contribution is -2.34. The number of rotatable bonds is 3. The van der Waals surface area contributed by atoms with Gasteiger partial charge < -0.3 is 14.2 Å². The molecule has 0 atom stereocenters. The van der Waals surface area contributed by atoms with Gasteiger partial charge in [-0.1, -0.05) is 0 Å². The molecule has 0 saturated carbocycles. The van der Waals surface area contributed by atoms with Crippen molar-refractivity contribution in [3.8, 4) is 5.75 Å². The second-order valence-electron chi connectivity index (χ2n) is 5.04. The SMILES string of the molecule is COC(=O)c1c(OC)c(=O)ccn1NC(=O)OC(C)(C)C. The van der Waals surface area contributed by atoms with E-state index in [4.69, 9.17) is 9.47 Å². The third-order valence-electron chi connectivity index (χ3n) is 2.25. The zero-order chi connectivity index (χ0) is 16.2. The molecule has 21 heavy (non-hydrogen) atoms. The Kier molecular flexibility index (Phi) is 4.96. The molecule has 8 nitrogen and oxygen atoms in total. The highest BCUT2D eigenvalue weighted by Gasteiger charge is 2.23. The van der Waals surface area contributed by atoms with Crippen LogP contribution < -0.4 is 15.6 Å². The maximum Gasteiger partial charge on any atom is 0.426 e. The predicted octanol–water partition coefficient (Wildman–Crippen LogP) is 1.12. The highest BCUT2D eigenvalue weighted by molar-refractivity contribution is 5.91. The van der Waals surface area contributed by atoms with Crippen molar-refractivity contribution in [2.75, 3.05) is 19.6 Å². The molecule has 1 N–H and O–H groups in total. The molecule has 0 saturated heterocycles. The van der Waals surface area contributed by atoms with Gasteiger partial charge in [0.25, 0.3) is 0 Å². The average Bonchev–Trinajstić information content (AvgIpc) is 2.37. The van der Waals surface area contributed by atoms with Crippen LogP contribution in [0.2, 0.25) is 0 Å². The standard InChI is InChI=1S/C13H18N2O6/c1-13(2,3)21-12(18)14-15-7-6-8(16)10(19-4)9(15)11(17)20-5/h6-7H,1-5H3,(H,14,18). The van der Waals surface area contributed by atoms with Gasteiger partial charge in [-0.05, 0) is 20.8 Å². The number of methoxy groups -OCH3 is 2. The van der Waals surface area contributed by atoms with Crippen molar-refractivity contribution in [2.24, 2.45) is 0 Å². The maximum absolute atomic E-state index is 11.8. The van der Waals surface area contributed by atoms with Gasteiger partial charge in [0, 0.05) is 12.3 Å². The van der Waals surface area contributed by atoms with E-state index in [1.54, 1.807) is 20.8 Å². The fraction of sp³-hybridized carbons (Fsp3) is 0.462. The van der Waals surface area contributed by atoms with Crippen LogP contribution in [0.25, 0.3) is 0 Å². The number of hydrogen-bond acceptors (Lipinski definition) is 6. The molecule has 0 aliphatic heterocycles. The van der Waals surface area contributed by atoms with E-state index >= 15 is 0 Å². The Balaban J connectivity index is 3.21. The van der Waals surface area contributed by atoms with Crippen molar-refractivity contribution < 1.29 is 23.8 Å². The monoisotopic (exact) mass is 298 g/mol. The van der Waals surface area contributed by atoms with E-state index in [-0.39, 0.29) is 11.4 Å². The minimum absolute atomic E-state index is 0.236. The molecule has 8 heteroatoms. The molecule has 0 bridgehead atoms. The number of ether oxygens (including phenoxy) is 3. The van der Waals surface area contributed by atoms with Crippen LogP contribution in [-0.4, -0.2) is 36.6 Å². The summed E-state index contributed by atoms with van der Waals surface area (Å²) in [5.41, 5.74) is 0.859. The smallest absolute Gasteiger partial charge is 0.426 e. The zero-order valence-corrected chi connectivity index (χ0v) is 12.6. The van der Waals surface area contributed by atoms with E-state index in [0.29, 0.717) is 0 Å². The molecule has 0 radical (unpaired) electrons. The van der Waals surface area contributed by atoms with E-state index in [1.807, 2.05) is 0 Å². The molecular formula is C13H18N2O6. The number of aromatic nitrogens is 1. The highest BCUT2D eigenvalue weighted by Crippen LogP contribution is 2.14. The Morgan fingerprint density at radius 3 is 2.33 bits per heavy atom. The fourth-order valence-electron chi connectivity index (χ4n) is 1.50. The van der Waals surface area contributed by atoms with E-state index in [0.717, 1.165) is 17.9 Å². The van der Waals surface area contributed by atoms with Gasteiger partial charge in [0.2, 0.25) is 5.43 Å². The Labute approximate surface area is 121 Å². The highest BCUT2D eigenvalue weighted by atomic mass is 16.6. The van der Waals surface area contributed by atoms with Crippen molar-refractivity contribution in [3.05, 3.63) is 28.2 Å². The van der Waals surface area contributed by atoms with Crippen molar-refractivity contribution in [2.45, 2.75) is 26.4 Å². The second-order valence-corrected chi connectivity index (χ2v) is 5.04. The third kappa shape index (κ3) is 4.23. The van der Waals surface area contributed by atoms with E-state index in [1.165, 1.54) is 13.3 Å². The molecular weight excluding hydrogens is 280 g/mol. The first-order valence-corrected chi connectivity index (χ1v) is 6.07. The van der Waals surface area contributed by atoms with Crippen LogP contribution in [0.1, 0.15) is 31.3 Å². The van der Waals surface area contributed by atoms with Crippen LogP contribution in [0.4, 0.5) is 4.79 Å². The zero-order valence-electron chi connectivity index (χ0n) is 12.6. The first kappa shape index (κ1) is 16.5. The Morgan fingerprint density at radius 2 is 1.86 bits per heavy atom. The van der Waals surface area contributed by atoms with E-state index < -0.39 is 23.1 Å².